The highest BCUT2D eigenvalue weighted by Gasteiger charge is 2.49. The molecule has 25 heavy (non-hydrogen) atoms. The van der Waals surface area contributed by atoms with Crippen molar-refractivity contribution in [3.05, 3.63) is 33.8 Å². The average molecular weight is 368 g/mol. The molecule has 138 valence electrons. The van der Waals surface area contributed by atoms with Crippen molar-refractivity contribution in [2.75, 3.05) is 0 Å². The van der Waals surface area contributed by atoms with Gasteiger partial charge in [0.1, 0.15) is 0 Å². The minimum absolute atomic E-state index is 0.111. The third-order valence-corrected chi connectivity index (χ3v) is 5.93. The Morgan fingerprint density at radius 2 is 2.08 bits per heavy atom. The number of fused-ring (bicyclic) bond motifs is 1. The average Bonchev–Trinajstić information content (AvgIpc) is 2.78. The largest absolute Gasteiger partial charge is 0.481 e. The molecule has 3 atom stereocenters. The molecule has 0 fully saturated rings. The number of benzene rings is 1. The number of rotatable bonds is 7. The van der Waals surface area contributed by atoms with Crippen molar-refractivity contribution in [1.82, 2.24) is 0 Å². The number of carboxylic acid groups (broad SMARTS) is 1. The van der Waals surface area contributed by atoms with Gasteiger partial charge >= 0.3 is 13.1 Å². The number of aliphatic carboxylic acids is 1. The van der Waals surface area contributed by atoms with Crippen molar-refractivity contribution >= 4 is 24.7 Å². The van der Waals surface area contributed by atoms with Gasteiger partial charge in [-0.15, -0.1) is 0 Å². The Bertz CT molecular complexity index is 652. The lowest BCUT2D eigenvalue weighted by molar-refractivity contribution is -0.145. The molecule has 0 aliphatic heterocycles. The van der Waals surface area contributed by atoms with E-state index in [9.17, 15) is 9.90 Å². The summed E-state index contributed by atoms with van der Waals surface area (Å²) in [5.41, 5.74) is 7.75. The number of carboxylic acids is 1. The van der Waals surface area contributed by atoms with Gasteiger partial charge in [0.15, 0.2) is 0 Å². The Morgan fingerprint density at radius 1 is 1.44 bits per heavy atom. The van der Waals surface area contributed by atoms with Crippen LogP contribution >= 0.6 is 11.6 Å². The lowest BCUT2D eigenvalue weighted by Crippen LogP contribution is -2.37. The van der Waals surface area contributed by atoms with Gasteiger partial charge in [-0.05, 0) is 60.7 Å². The lowest BCUT2D eigenvalue weighted by atomic mass is 9.72. The van der Waals surface area contributed by atoms with E-state index < -0.39 is 18.5 Å². The van der Waals surface area contributed by atoms with Crippen LogP contribution in [0.2, 0.25) is 11.3 Å². The van der Waals surface area contributed by atoms with Gasteiger partial charge in [-0.25, -0.2) is 0 Å². The third kappa shape index (κ3) is 3.87. The van der Waals surface area contributed by atoms with Crippen LogP contribution < -0.4 is 5.73 Å². The van der Waals surface area contributed by atoms with E-state index in [-0.39, 0.29) is 24.2 Å². The summed E-state index contributed by atoms with van der Waals surface area (Å²) in [5, 5.41) is 28.6. The maximum Gasteiger partial charge on any atom is 0.451 e. The highest BCUT2D eigenvalue weighted by molar-refractivity contribution is 6.40. The SMILES string of the molecule is CC(C)[C@@H](N)c1cc2c(cc1Cl)C[C@H](CCCB(O)O)[C@]2(C)C(=O)O. The van der Waals surface area contributed by atoms with Crippen LogP contribution in [-0.4, -0.2) is 28.2 Å². The molecule has 5 N–H and O–H groups in total. The highest BCUT2D eigenvalue weighted by Crippen LogP contribution is 2.48. The summed E-state index contributed by atoms with van der Waals surface area (Å²) < 4.78 is 0. The van der Waals surface area contributed by atoms with E-state index in [2.05, 4.69) is 0 Å². The van der Waals surface area contributed by atoms with Crippen LogP contribution in [-0.2, 0) is 16.6 Å². The van der Waals surface area contributed by atoms with Gasteiger partial charge in [0.05, 0.1) is 5.41 Å². The van der Waals surface area contributed by atoms with Gasteiger partial charge in [-0.2, -0.15) is 0 Å². The van der Waals surface area contributed by atoms with Crippen LogP contribution in [0.1, 0.15) is 56.3 Å². The Kier molecular flexibility index (Phi) is 6.20. The van der Waals surface area contributed by atoms with Crippen molar-refractivity contribution in [2.24, 2.45) is 17.6 Å². The number of hydrogen-bond donors (Lipinski definition) is 4. The van der Waals surface area contributed by atoms with E-state index in [1.165, 1.54) is 0 Å². The molecule has 7 heteroatoms. The zero-order valence-corrected chi connectivity index (χ0v) is 15.8. The fraction of sp³-hybridized carbons (Fsp3) is 0.611. The van der Waals surface area contributed by atoms with Crippen LogP contribution in [0.3, 0.4) is 0 Å². The van der Waals surface area contributed by atoms with Gasteiger partial charge in [0, 0.05) is 11.1 Å². The fourth-order valence-electron chi connectivity index (χ4n) is 3.81. The molecule has 0 heterocycles. The second-order valence-electron chi connectivity index (χ2n) is 7.62. The minimum Gasteiger partial charge on any atom is -0.481 e. The molecule has 0 aromatic heterocycles. The Hall–Kier alpha value is -1.08. The molecular weight excluding hydrogens is 340 g/mol. The topological polar surface area (TPSA) is 104 Å². The molecular formula is C18H27BClNO4. The van der Waals surface area contributed by atoms with Crippen LogP contribution in [0, 0.1) is 11.8 Å². The maximum absolute atomic E-state index is 12.1. The Labute approximate surface area is 154 Å². The molecule has 1 aromatic rings. The molecule has 0 saturated carbocycles. The number of carbonyl (C=O) groups is 1. The smallest absolute Gasteiger partial charge is 0.451 e. The Morgan fingerprint density at radius 3 is 2.60 bits per heavy atom. The zero-order chi connectivity index (χ0) is 18.9. The number of hydrogen-bond acceptors (Lipinski definition) is 4. The predicted molar refractivity (Wildman–Crippen MR) is 99.6 cm³/mol. The number of halogens is 1. The van der Waals surface area contributed by atoms with Crippen LogP contribution in [0.5, 0.6) is 0 Å². The van der Waals surface area contributed by atoms with Gasteiger partial charge < -0.3 is 20.9 Å². The van der Waals surface area contributed by atoms with E-state index in [0.717, 1.165) is 16.7 Å². The van der Waals surface area contributed by atoms with Crippen LogP contribution in [0.15, 0.2) is 12.1 Å². The first kappa shape index (κ1) is 20.2. The summed E-state index contributed by atoms with van der Waals surface area (Å²) in [7, 11) is -1.36. The lowest BCUT2D eigenvalue weighted by Gasteiger charge is -2.29. The first-order valence-corrected chi connectivity index (χ1v) is 9.14. The molecule has 1 aliphatic rings. The first-order valence-electron chi connectivity index (χ1n) is 8.76. The van der Waals surface area contributed by atoms with Crippen LogP contribution in [0.4, 0.5) is 0 Å². The van der Waals surface area contributed by atoms with Gasteiger partial charge in [0.25, 0.3) is 0 Å². The highest BCUT2D eigenvalue weighted by atomic mass is 35.5. The summed E-state index contributed by atoms with van der Waals surface area (Å²) in [5.74, 6) is -0.789. The standard InChI is InChI=1S/C18H27BClNO4/c1-10(2)16(21)13-9-14-11(8-15(13)20)7-12(5-4-6-19(24)25)18(14,3)17(22)23/h8-10,12,16,24-25H,4-7,21H2,1-3H3,(H,22,23)/t12-,16+,18-/m0/s1. The quantitative estimate of drug-likeness (QED) is 0.555. The number of nitrogens with two attached hydrogens (primary N) is 1. The van der Waals surface area contributed by atoms with Crippen molar-refractivity contribution in [3.8, 4) is 0 Å². The molecule has 0 spiro atoms. The summed E-state index contributed by atoms with van der Waals surface area (Å²) in [6.45, 7) is 5.76. The van der Waals surface area contributed by atoms with Crippen molar-refractivity contribution in [3.63, 3.8) is 0 Å². The summed E-state index contributed by atoms with van der Waals surface area (Å²) in [6, 6.07) is 3.48. The molecule has 1 aliphatic carbocycles. The fourth-order valence-corrected chi connectivity index (χ4v) is 4.13. The summed E-state index contributed by atoms with van der Waals surface area (Å²) >= 11 is 6.42. The summed E-state index contributed by atoms with van der Waals surface area (Å²) in [4.78, 5) is 12.1. The van der Waals surface area contributed by atoms with Crippen molar-refractivity contribution in [2.45, 2.75) is 57.8 Å². The zero-order valence-electron chi connectivity index (χ0n) is 15.0. The molecule has 0 bridgehead atoms. The van der Waals surface area contributed by atoms with Crippen molar-refractivity contribution < 1.29 is 19.9 Å². The van der Waals surface area contributed by atoms with E-state index in [4.69, 9.17) is 27.4 Å². The Balaban J connectivity index is 2.40. The van der Waals surface area contributed by atoms with E-state index in [1.807, 2.05) is 26.0 Å². The third-order valence-electron chi connectivity index (χ3n) is 5.60. The van der Waals surface area contributed by atoms with Gasteiger partial charge in [0.2, 0.25) is 0 Å². The molecule has 0 amide bonds. The van der Waals surface area contributed by atoms with Crippen LogP contribution in [0.25, 0.3) is 0 Å². The van der Waals surface area contributed by atoms with Gasteiger partial charge in [-0.3, -0.25) is 4.79 Å². The normalized spacial score (nSPS) is 23.6. The predicted octanol–water partition coefficient (Wildman–Crippen LogP) is 2.76. The molecule has 0 unspecified atom stereocenters. The monoisotopic (exact) mass is 367 g/mol. The molecule has 5 nitrogen and oxygen atoms in total. The second kappa shape index (κ2) is 7.66. The molecule has 0 saturated heterocycles. The van der Waals surface area contributed by atoms with Crippen molar-refractivity contribution in [1.29, 1.82) is 0 Å². The maximum atomic E-state index is 12.1. The summed E-state index contributed by atoms with van der Waals surface area (Å²) in [6.07, 6.45) is 2.03. The molecule has 2 rings (SSSR count). The minimum atomic E-state index is -1.36. The van der Waals surface area contributed by atoms with E-state index in [1.54, 1.807) is 6.92 Å². The second-order valence-corrected chi connectivity index (χ2v) is 8.03. The van der Waals surface area contributed by atoms with E-state index in [0.29, 0.717) is 24.3 Å². The molecule has 0 radical (unpaired) electrons. The van der Waals surface area contributed by atoms with Gasteiger partial charge in [-0.1, -0.05) is 37.9 Å². The van der Waals surface area contributed by atoms with E-state index >= 15 is 0 Å². The first-order chi connectivity index (χ1) is 11.6. The molecule has 1 aromatic carbocycles.